The third kappa shape index (κ3) is 3.39. The van der Waals surface area contributed by atoms with E-state index in [1.165, 1.54) is 0 Å². The molecule has 104 valence electrons. The normalized spacial score (nSPS) is 10.2. The zero-order chi connectivity index (χ0) is 14.5. The highest BCUT2D eigenvalue weighted by molar-refractivity contribution is 9.08. The molecule has 4 heteroatoms. The molecule has 3 nitrogen and oxygen atoms in total. The lowest BCUT2D eigenvalue weighted by Gasteiger charge is -2.17. The summed E-state index contributed by atoms with van der Waals surface area (Å²) in [6.07, 6.45) is 0. The van der Waals surface area contributed by atoms with E-state index in [1.807, 2.05) is 67.5 Å². The van der Waals surface area contributed by atoms with E-state index in [0.717, 1.165) is 22.3 Å². The number of carbonyl (C=O) groups excluding carboxylic acids is 1. The molecule has 0 bridgehead atoms. The molecule has 2 rings (SSSR count). The van der Waals surface area contributed by atoms with Crippen LogP contribution in [-0.4, -0.2) is 20.0 Å². The Morgan fingerprint density at radius 1 is 1.10 bits per heavy atom. The number of benzene rings is 2. The van der Waals surface area contributed by atoms with Crippen LogP contribution in [0.4, 0.5) is 11.4 Å². The Balaban J connectivity index is 2.19. The predicted octanol–water partition coefficient (Wildman–Crippen LogP) is 3.90. The molecule has 0 aliphatic heterocycles. The van der Waals surface area contributed by atoms with Crippen molar-refractivity contribution in [1.29, 1.82) is 0 Å². The van der Waals surface area contributed by atoms with Crippen molar-refractivity contribution in [3.05, 3.63) is 59.7 Å². The zero-order valence-electron chi connectivity index (χ0n) is 11.6. The van der Waals surface area contributed by atoms with Crippen LogP contribution in [0.15, 0.2) is 48.5 Å². The van der Waals surface area contributed by atoms with Crippen LogP contribution < -0.4 is 10.2 Å². The van der Waals surface area contributed by atoms with Gasteiger partial charge in [-0.25, -0.2) is 0 Å². The quantitative estimate of drug-likeness (QED) is 0.861. The number of rotatable bonds is 4. The first-order valence-electron chi connectivity index (χ1n) is 6.34. The Morgan fingerprint density at radius 2 is 1.75 bits per heavy atom. The zero-order valence-corrected chi connectivity index (χ0v) is 13.1. The number of nitrogens with zero attached hydrogens (tertiary/aromatic N) is 1. The minimum Gasteiger partial charge on any atom is -0.376 e. The van der Waals surface area contributed by atoms with Crippen LogP contribution in [0.3, 0.4) is 0 Å². The number of hydrogen-bond acceptors (Lipinski definition) is 2. The first kappa shape index (κ1) is 14.6. The number of amides is 1. The Hall–Kier alpha value is -1.81. The van der Waals surface area contributed by atoms with Crippen LogP contribution in [-0.2, 0) is 5.33 Å². The van der Waals surface area contributed by atoms with Crippen LogP contribution in [0.5, 0.6) is 0 Å². The minimum absolute atomic E-state index is 0.0968. The molecular formula is C16H17BrN2O. The van der Waals surface area contributed by atoms with Gasteiger partial charge < -0.3 is 10.2 Å². The Morgan fingerprint density at radius 3 is 2.35 bits per heavy atom. The summed E-state index contributed by atoms with van der Waals surface area (Å²) in [7, 11) is 3.91. The summed E-state index contributed by atoms with van der Waals surface area (Å²) in [5.74, 6) is -0.0968. The van der Waals surface area contributed by atoms with Crippen molar-refractivity contribution < 1.29 is 4.79 Å². The van der Waals surface area contributed by atoms with Gasteiger partial charge in [-0.2, -0.15) is 0 Å². The molecule has 0 fully saturated rings. The summed E-state index contributed by atoms with van der Waals surface area (Å²) in [5.41, 5.74) is 3.60. The molecule has 0 aliphatic carbocycles. The molecular weight excluding hydrogens is 316 g/mol. The molecule has 0 saturated carbocycles. The largest absolute Gasteiger partial charge is 0.376 e. The molecule has 0 aromatic heterocycles. The van der Waals surface area contributed by atoms with Crippen molar-refractivity contribution in [1.82, 2.24) is 0 Å². The van der Waals surface area contributed by atoms with Crippen molar-refractivity contribution in [3.63, 3.8) is 0 Å². The van der Waals surface area contributed by atoms with Crippen LogP contribution in [0.1, 0.15) is 15.9 Å². The maximum Gasteiger partial charge on any atom is 0.255 e. The molecule has 0 aliphatic rings. The van der Waals surface area contributed by atoms with Gasteiger partial charge in [0.05, 0.1) is 11.4 Å². The molecule has 20 heavy (non-hydrogen) atoms. The van der Waals surface area contributed by atoms with Crippen molar-refractivity contribution in [2.75, 3.05) is 24.3 Å². The van der Waals surface area contributed by atoms with Crippen molar-refractivity contribution >= 4 is 33.2 Å². The molecule has 0 atom stereocenters. The smallest absolute Gasteiger partial charge is 0.255 e. The predicted molar refractivity (Wildman–Crippen MR) is 87.8 cm³/mol. The standard InChI is InChI=1S/C16H17BrN2O/c1-19(2)15-6-4-3-5-14(15)18-16(20)13-9-7-12(11-17)8-10-13/h3-10H,11H2,1-2H3,(H,18,20). The molecule has 2 aromatic rings. The van der Waals surface area contributed by atoms with Gasteiger partial charge in [-0.1, -0.05) is 40.2 Å². The number of halogens is 1. The monoisotopic (exact) mass is 332 g/mol. The average Bonchev–Trinajstić information content (AvgIpc) is 2.47. The van der Waals surface area contributed by atoms with Crippen molar-refractivity contribution in [2.24, 2.45) is 0 Å². The van der Waals surface area contributed by atoms with Gasteiger partial charge in [0.1, 0.15) is 0 Å². The van der Waals surface area contributed by atoms with E-state index in [9.17, 15) is 4.79 Å². The van der Waals surface area contributed by atoms with E-state index in [-0.39, 0.29) is 5.91 Å². The van der Waals surface area contributed by atoms with Crippen LogP contribution in [0, 0.1) is 0 Å². The highest BCUT2D eigenvalue weighted by Gasteiger charge is 2.09. The molecule has 2 aromatic carbocycles. The fourth-order valence-electron chi connectivity index (χ4n) is 1.91. The van der Waals surface area contributed by atoms with E-state index < -0.39 is 0 Å². The Kier molecular flexibility index (Phi) is 4.79. The maximum absolute atomic E-state index is 12.2. The first-order chi connectivity index (χ1) is 9.61. The summed E-state index contributed by atoms with van der Waals surface area (Å²) in [6.45, 7) is 0. The molecule has 0 heterocycles. The number of para-hydroxylation sites is 2. The van der Waals surface area contributed by atoms with E-state index in [4.69, 9.17) is 0 Å². The van der Waals surface area contributed by atoms with Gasteiger partial charge in [0.25, 0.3) is 5.91 Å². The van der Waals surface area contributed by atoms with E-state index in [0.29, 0.717) is 5.56 Å². The second-order valence-electron chi connectivity index (χ2n) is 4.70. The van der Waals surface area contributed by atoms with E-state index in [2.05, 4.69) is 21.2 Å². The van der Waals surface area contributed by atoms with Gasteiger partial charge in [0.15, 0.2) is 0 Å². The highest BCUT2D eigenvalue weighted by Crippen LogP contribution is 2.24. The fraction of sp³-hybridized carbons (Fsp3) is 0.188. The van der Waals surface area contributed by atoms with Crippen LogP contribution >= 0.6 is 15.9 Å². The maximum atomic E-state index is 12.2. The minimum atomic E-state index is -0.0968. The average molecular weight is 333 g/mol. The Bertz CT molecular complexity index is 594. The van der Waals surface area contributed by atoms with Crippen LogP contribution in [0.25, 0.3) is 0 Å². The van der Waals surface area contributed by atoms with Crippen LogP contribution in [0.2, 0.25) is 0 Å². The van der Waals surface area contributed by atoms with Gasteiger partial charge in [0, 0.05) is 25.0 Å². The molecule has 1 N–H and O–H groups in total. The number of carbonyl (C=O) groups is 1. The number of anilines is 2. The van der Waals surface area contributed by atoms with Gasteiger partial charge in [-0.15, -0.1) is 0 Å². The lowest BCUT2D eigenvalue weighted by molar-refractivity contribution is 0.102. The molecule has 1 amide bonds. The molecule has 0 saturated heterocycles. The summed E-state index contributed by atoms with van der Waals surface area (Å²) in [5, 5.41) is 3.74. The van der Waals surface area contributed by atoms with Gasteiger partial charge in [-0.05, 0) is 29.8 Å². The summed E-state index contributed by atoms with van der Waals surface area (Å²) >= 11 is 3.39. The topological polar surface area (TPSA) is 32.3 Å². The molecule has 0 radical (unpaired) electrons. The SMILES string of the molecule is CN(C)c1ccccc1NC(=O)c1ccc(CBr)cc1. The molecule has 0 unspecified atom stereocenters. The van der Waals surface area contributed by atoms with Crippen molar-refractivity contribution in [3.8, 4) is 0 Å². The third-order valence-corrected chi connectivity index (χ3v) is 3.65. The van der Waals surface area contributed by atoms with Crippen molar-refractivity contribution in [2.45, 2.75) is 5.33 Å². The number of hydrogen-bond donors (Lipinski definition) is 1. The number of alkyl halides is 1. The first-order valence-corrected chi connectivity index (χ1v) is 7.46. The van der Waals surface area contributed by atoms with Gasteiger partial charge in [0.2, 0.25) is 0 Å². The molecule has 0 spiro atoms. The highest BCUT2D eigenvalue weighted by atomic mass is 79.9. The Labute approximate surface area is 127 Å². The summed E-state index contributed by atoms with van der Waals surface area (Å²) in [4.78, 5) is 14.2. The van der Waals surface area contributed by atoms with E-state index in [1.54, 1.807) is 0 Å². The summed E-state index contributed by atoms with van der Waals surface area (Å²) in [6, 6.07) is 15.3. The second kappa shape index (κ2) is 6.57. The second-order valence-corrected chi connectivity index (χ2v) is 5.26. The summed E-state index contributed by atoms with van der Waals surface area (Å²) < 4.78 is 0. The fourth-order valence-corrected chi connectivity index (χ4v) is 2.28. The third-order valence-electron chi connectivity index (χ3n) is 3.00. The van der Waals surface area contributed by atoms with Gasteiger partial charge in [-0.3, -0.25) is 4.79 Å². The number of nitrogens with one attached hydrogen (secondary N) is 1. The lowest BCUT2D eigenvalue weighted by Crippen LogP contribution is -2.16. The van der Waals surface area contributed by atoms with Gasteiger partial charge >= 0.3 is 0 Å². The lowest BCUT2D eigenvalue weighted by atomic mass is 10.1. The van der Waals surface area contributed by atoms with E-state index >= 15 is 0 Å².